The topological polar surface area (TPSA) is 123 Å². The SMILES string of the molecule is CN(C)CCNCCC(=O)Nc1cccc2c1C(=O)c1c(NC(=O)CCNCCN(C)C)cccc1C2=O. The molecule has 4 N–H and O–H groups in total. The van der Waals surface area contributed by atoms with Crippen LogP contribution < -0.4 is 21.3 Å². The molecule has 0 saturated heterocycles. The predicted octanol–water partition coefficient (Wildman–Crippen LogP) is 1.42. The van der Waals surface area contributed by atoms with Crippen molar-refractivity contribution < 1.29 is 19.2 Å². The van der Waals surface area contributed by atoms with Gasteiger partial charge in [-0.3, -0.25) is 19.2 Å². The van der Waals surface area contributed by atoms with Gasteiger partial charge < -0.3 is 31.1 Å². The van der Waals surface area contributed by atoms with E-state index in [1.165, 1.54) is 0 Å². The highest BCUT2D eigenvalue weighted by atomic mass is 16.2. The first-order chi connectivity index (χ1) is 18.2. The molecule has 204 valence electrons. The summed E-state index contributed by atoms with van der Waals surface area (Å²) in [5.74, 6) is -1.25. The number of nitrogens with one attached hydrogen (secondary N) is 4. The van der Waals surface area contributed by atoms with E-state index in [4.69, 9.17) is 0 Å². The van der Waals surface area contributed by atoms with E-state index in [9.17, 15) is 19.2 Å². The van der Waals surface area contributed by atoms with E-state index in [1.54, 1.807) is 36.4 Å². The maximum absolute atomic E-state index is 13.7. The van der Waals surface area contributed by atoms with Crippen molar-refractivity contribution in [3.63, 3.8) is 0 Å². The molecule has 0 atom stereocenters. The Balaban J connectivity index is 1.72. The highest BCUT2D eigenvalue weighted by Crippen LogP contribution is 2.35. The van der Waals surface area contributed by atoms with Crippen LogP contribution in [0.4, 0.5) is 11.4 Å². The molecule has 38 heavy (non-hydrogen) atoms. The number of likely N-dealkylation sites (N-methyl/N-ethyl adjacent to an activating group) is 2. The summed E-state index contributed by atoms with van der Waals surface area (Å²) in [4.78, 5) is 56.3. The first kappa shape index (κ1) is 29.1. The number of nitrogens with zero attached hydrogens (tertiary/aromatic N) is 2. The minimum atomic E-state index is -0.408. The highest BCUT2D eigenvalue weighted by molar-refractivity contribution is 6.32. The Morgan fingerprint density at radius 3 is 1.45 bits per heavy atom. The lowest BCUT2D eigenvalue weighted by Crippen LogP contribution is -2.30. The first-order valence-electron chi connectivity index (χ1n) is 12.8. The summed E-state index contributed by atoms with van der Waals surface area (Å²) in [6.07, 6.45) is 0.444. The van der Waals surface area contributed by atoms with Gasteiger partial charge in [0.05, 0.1) is 22.5 Å². The zero-order chi connectivity index (χ0) is 27.7. The summed E-state index contributed by atoms with van der Waals surface area (Å²) < 4.78 is 0. The molecule has 2 aromatic carbocycles. The van der Waals surface area contributed by atoms with Crippen molar-refractivity contribution in [1.29, 1.82) is 0 Å². The van der Waals surface area contributed by atoms with Crippen molar-refractivity contribution in [3.8, 4) is 0 Å². The van der Waals surface area contributed by atoms with E-state index >= 15 is 0 Å². The normalized spacial score (nSPS) is 12.5. The summed E-state index contributed by atoms with van der Waals surface area (Å²) in [6.45, 7) is 4.21. The zero-order valence-electron chi connectivity index (χ0n) is 22.6. The van der Waals surface area contributed by atoms with Crippen LogP contribution in [0.2, 0.25) is 0 Å². The number of hydrogen-bond donors (Lipinski definition) is 4. The van der Waals surface area contributed by atoms with Crippen LogP contribution in [0.25, 0.3) is 0 Å². The monoisotopic (exact) mass is 522 g/mol. The molecule has 1 aliphatic rings. The van der Waals surface area contributed by atoms with Gasteiger partial charge in [-0.15, -0.1) is 0 Å². The van der Waals surface area contributed by atoms with E-state index in [1.807, 2.05) is 38.0 Å². The number of carbonyl (C=O) groups is 4. The van der Waals surface area contributed by atoms with Crippen LogP contribution in [0.15, 0.2) is 36.4 Å². The van der Waals surface area contributed by atoms with Gasteiger partial charge in [0, 0.05) is 63.2 Å². The summed E-state index contributed by atoms with van der Waals surface area (Å²) in [5.41, 5.74) is 1.33. The van der Waals surface area contributed by atoms with Gasteiger partial charge in [0.15, 0.2) is 11.6 Å². The maximum Gasteiger partial charge on any atom is 0.225 e. The molecule has 0 aromatic heterocycles. The molecule has 3 rings (SSSR count). The number of benzene rings is 2. The van der Waals surface area contributed by atoms with Crippen molar-refractivity contribution in [3.05, 3.63) is 58.7 Å². The summed E-state index contributed by atoms with van der Waals surface area (Å²) in [7, 11) is 7.91. The van der Waals surface area contributed by atoms with Crippen LogP contribution in [0.5, 0.6) is 0 Å². The molecule has 2 amide bonds. The average Bonchev–Trinajstić information content (AvgIpc) is 2.86. The molecule has 0 fully saturated rings. The van der Waals surface area contributed by atoms with Crippen LogP contribution in [0, 0.1) is 0 Å². The molecule has 0 aliphatic heterocycles. The fraction of sp³-hybridized carbons (Fsp3) is 0.429. The van der Waals surface area contributed by atoms with Gasteiger partial charge in [-0.1, -0.05) is 24.3 Å². The highest BCUT2D eigenvalue weighted by Gasteiger charge is 2.34. The number of ketones is 2. The molecule has 10 nitrogen and oxygen atoms in total. The number of carbonyl (C=O) groups excluding carboxylic acids is 4. The van der Waals surface area contributed by atoms with Crippen molar-refractivity contribution >= 4 is 34.8 Å². The third-order valence-corrected chi connectivity index (χ3v) is 6.15. The number of amides is 2. The van der Waals surface area contributed by atoms with E-state index in [0.29, 0.717) is 13.1 Å². The molecule has 0 bridgehead atoms. The summed E-state index contributed by atoms with van der Waals surface area (Å²) >= 11 is 0. The Kier molecular flexibility index (Phi) is 10.7. The minimum absolute atomic E-state index is 0.144. The molecule has 0 heterocycles. The largest absolute Gasteiger partial charge is 0.325 e. The number of rotatable bonds is 14. The molecule has 1 aliphatic carbocycles. The Morgan fingerprint density at radius 1 is 0.632 bits per heavy atom. The molecule has 0 unspecified atom stereocenters. The maximum atomic E-state index is 13.7. The van der Waals surface area contributed by atoms with E-state index in [0.717, 1.165) is 26.2 Å². The Hall–Kier alpha value is -3.44. The van der Waals surface area contributed by atoms with E-state index < -0.39 is 5.78 Å². The Bertz CT molecular complexity index is 1090. The zero-order valence-corrected chi connectivity index (χ0v) is 22.6. The van der Waals surface area contributed by atoms with Gasteiger partial charge in [-0.2, -0.15) is 0 Å². The van der Waals surface area contributed by atoms with Gasteiger partial charge in [-0.25, -0.2) is 0 Å². The van der Waals surface area contributed by atoms with Crippen molar-refractivity contribution in [2.45, 2.75) is 12.8 Å². The van der Waals surface area contributed by atoms with Gasteiger partial charge in [0.1, 0.15) is 0 Å². The van der Waals surface area contributed by atoms with Crippen LogP contribution in [-0.4, -0.2) is 101 Å². The molecule has 10 heteroatoms. The first-order valence-corrected chi connectivity index (χ1v) is 12.8. The number of fused-ring (bicyclic) bond motifs is 2. The second kappa shape index (κ2) is 13.9. The van der Waals surface area contributed by atoms with Crippen LogP contribution in [0.3, 0.4) is 0 Å². The molecule has 0 radical (unpaired) electrons. The number of hydrogen-bond acceptors (Lipinski definition) is 8. The van der Waals surface area contributed by atoms with Crippen molar-refractivity contribution in [1.82, 2.24) is 20.4 Å². The Labute approximate surface area is 224 Å². The molecule has 0 spiro atoms. The average molecular weight is 523 g/mol. The van der Waals surface area contributed by atoms with Crippen LogP contribution >= 0.6 is 0 Å². The van der Waals surface area contributed by atoms with E-state index in [-0.39, 0.29) is 64.1 Å². The lowest BCUT2D eigenvalue weighted by Gasteiger charge is -2.22. The van der Waals surface area contributed by atoms with Crippen LogP contribution in [0.1, 0.15) is 44.7 Å². The molecular weight excluding hydrogens is 484 g/mol. The Morgan fingerprint density at radius 2 is 1.05 bits per heavy atom. The number of anilines is 2. The smallest absolute Gasteiger partial charge is 0.225 e. The molecular formula is C28H38N6O4. The fourth-order valence-corrected chi connectivity index (χ4v) is 4.14. The third kappa shape index (κ3) is 7.78. The van der Waals surface area contributed by atoms with Gasteiger partial charge >= 0.3 is 0 Å². The standard InChI is InChI=1S/C28H38N6O4/c1-33(2)17-15-29-13-11-23(35)31-21-9-5-7-19-25(21)28(38)26-20(27(19)37)8-6-10-22(26)32-24(36)12-14-30-16-18-34(3)4/h5-10,29-30H,11-18H2,1-4H3,(H,31,35)(H,32,36). The predicted molar refractivity (Wildman–Crippen MR) is 149 cm³/mol. The van der Waals surface area contributed by atoms with Crippen molar-refractivity contribution in [2.75, 3.05) is 78.1 Å². The second-order valence-corrected chi connectivity index (χ2v) is 9.82. The summed E-state index contributed by atoms with van der Waals surface area (Å²) in [6, 6.07) is 9.70. The lowest BCUT2D eigenvalue weighted by atomic mass is 9.82. The summed E-state index contributed by atoms with van der Waals surface area (Å²) in [5, 5.41) is 12.0. The minimum Gasteiger partial charge on any atom is -0.325 e. The molecule has 2 aromatic rings. The fourth-order valence-electron chi connectivity index (χ4n) is 4.14. The second-order valence-electron chi connectivity index (χ2n) is 9.82. The van der Waals surface area contributed by atoms with Crippen LogP contribution in [-0.2, 0) is 9.59 Å². The van der Waals surface area contributed by atoms with E-state index in [2.05, 4.69) is 21.3 Å². The van der Waals surface area contributed by atoms with Gasteiger partial charge in [-0.05, 0) is 40.3 Å². The molecule has 0 saturated carbocycles. The quantitative estimate of drug-likeness (QED) is 0.235. The van der Waals surface area contributed by atoms with Gasteiger partial charge in [0.25, 0.3) is 0 Å². The lowest BCUT2D eigenvalue weighted by molar-refractivity contribution is -0.116. The third-order valence-electron chi connectivity index (χ3n) is 6.15. The van der Waals surface area contributed by atoms with Gasteiger partial charge in [0.2, 0.25) is 11.8 Å². The van der Waals surface area contributed by atoms with Crippen molar-refractivity contribution in [2.24, 2.45) is 0 Å².